The van der Waals surface area contributed by atoms with Gasteiger partial charge in [-0.05, 0) is 39.7 Å². The molecule has 0 aliphatic rings. The molecule has 1 heterocycles. The third-order valence-corrected chi connectivity index (χ3v) is 5.70. The maximum atomic E-state index is 12.9. The van der Waals surface area contributed by atoms with Crippen molar-refractivity contribution in [1.29, 1.82) is 0 Å². The van der Waals surface area contributed by atoms with E-state index < -0.39 is 37.0 Å². The number of primary amides is 1. The minimum Gasteiger partial charge on any atom is -0.438 e. The Morgan fingerprint density at radius 3 is 2.45 bits per heavy atom. The van der Waals surface area contributed by atoms with Gasteiger partial charge in [0.25, 0.3) is 11.6 Å². The van der Waals surface area contributed by atoms with E-state index in [-0.39, 0.29) is 29.8 Å². The lowest BCUT2D eigenvalue weighted by Gasteiger charge is -2.23. The van der Waals surface area contributed by atoms with Gasteiger partial charge in [0.2, 0.25) is 15.9 Å². The Bertz CT molecular complexity index is 1120. The first-order valence-electron chi connectivity index (χ1n) is 9.51. The van der Waals surface area contributed by atoms with Gasteiger partial charge in [-0.2, -0.15) is 5.10 Å². The molecule has 0 saturated carbocycles. The van der Waals surface area contributed by atoms with E-state index in [1.54, 1.807) is 6.92 Å². The summed E-state index contributed by atoms with van der Waals surface area (Å²) in [4.78, 5) is 21.9. The van der Waals surface area contributed by atoms with Crippen molar-refractivity contribution in [3.8, 4) is 11.6 Å². The highest BCUT2D eigenvalue weighted by Gasteiger charge is 2.30. The highest BCUT2D eigenvalue weighted by molar-refractivity contribution is 7.89. The molecule has 1 aromatic carbocycles. The number of sulfonamides is 1. The standard InChI is InChI=1S/C19H27N5O6S/c1-11(2)10-21-31(28,29)15-9-13(24(26)27)7-8-14(15)30-18-12(3)16(17(20)25)22-23(18)19(4,5)6/h7-9,11,21H,10H2,1-6H3,(H2,20,25). The van der Waals surface area contributed by atoms with Crippen molar-refractivity contribution in [2.45, 2.75) is 52.0 Å². The summed E-state index contributed by atoms with van der Waals surface area (Å²) in [5.41, 5.74) is 4.66. The predicted octanol–water partition coefficient (Wildman–Crippen LogP) is 2.68. The first kappa shape index (κ1) is 24.3. The van der Waals surface area contributed by atoms with Gasteiger partial charge in [0.1, 0.15) is 10.6 Å². The van der Waals surface area contributed by atoms with Crippen LogP contribution in [0.4, 0.5) is 5.69 Å². The van der Waals surface area contributed by atoms with Crippen LogP contribution < -0.4 is 15.2 Å². The molecule has 3 N–H and O–H groups in total. The number of rotatable bonds is 8. The second-order valence-electron chi connectivity index (χ2n) is 8.46. The van der Waals surface area contributed by atoms with Crippen LogP contribution >= 0.6 is 0 Å². The monoisotopic (exact) mass is 453 g/mol. The molecule has 31 heavy (non-hydrogen) atoms. The number of nitrogens with two attached hydrogens (primary N) is 1. The normalized spacial score (nSPS) is 12.2. The highest BCUT2D eigenvalue weighted by atomic mass is 32.2. The summed E-state index contributed by atoms with van der Waals surface area (Å²) in [6.45, 7) is 10.8. The Morgan fingerprint density at radius 2 is 1.97 bits per heavy atom. The number of hydrogen-bond acceptors (Lipinski definition) is 7. The minimum absolute atomic E-state index is 0.0144. The highest BCUT2D eigenvalue weighted by Crippen LogP contribution is 2.36. The van der Waals surface area contributed by atoms with E-state index in [0.29, 0.717) is 5.56 Å². The van der Waals surface area contributed by atoms with Crippen LogP contribution in [0, 0.1) is 23.0 Å². The minimum atomic E-state index is -4.13. The molecular weight excluding hydrogens is 426 g/mol. The SMILES string of the molecule is Cc1c(C(N)=O)nn(C(C)(C)C)c1Oc1ccc([N+](=O)[O-])cc1S(=O)(=O)NCC(C)C. The number of benzene rings is 1. The molecule has 0 aliphatic heterocycles. The molecule has 0 radical (unpaired) electrons. The van der Waals surface area contributed by atoms with Crippen molar-refractivity contribution in [3.05, 3.63) is 39.6 Å². The zero-order valence-electron chi connectivity index (χ0n) is 18.3. The van der Waals surface area contributed by atoms with Gasteiger partial charge >= 0.3 is 0 Å². The van der Waals surface area contributed by atoms with Crippen LogP contribution in [0.3, 0.4) is 0 Å². The van der Waals surface area contributed by atoms with Crippen LogP contribution in [0.25, 0.3) is 0 Å². The van der Waals surface area contributed by atoms with E-state index in [2.05, 4.69) is 9.82 Å². The second-order valence-corrected chi connectivity index (χ2v) is 10.2. The predicted molar refractivity (Wildman–Crippen MR) is 114 cm³/mol. The van der Waals surface area contributed by atoms with Gasteiger partial charge in [-0.3, -0.25) is 14.9 Å². The van der Waals surface area contributed by atoms with Gasteiger partial charge in [-0.25, -0.2) is 17.8 Å². The van der Waals surface area contributed by atoms with Crippen molar-refractivity contribution >= 4 is 21.6 Å². The summed E-state index contributed by atoms with van der Waals surface area (Å²) in [6, 6.07) is 3.27. The summed E-state index contributed by atoms with van der Waals surface area (Å²) >= 11 is 0. The van der Waals surface area contributed by atoms with Crippen LogP contribution in [-0.2, 0) is 15.6 Å². The van der Waals surface area contributed by atoms with Crippen molar-refractivity contribution < 1.29 is 22.9 Å². The maximum absolute atomic E-state index is 12.9. The molecule has 0 spiro atoms. The van der Waals surface area contributed by atoms with E-state index in [9.17, 15) is 23.3 Å². The maximum Gasteiger partial charge on any atom is 0.271 e. The van der Waals surface area contributed by atoms with E-state index in [4.69, 9.17) is 10.5 Å². The molecule has 11 nitrogen and oxygen atoms in total. The lowest BCUT2D eigenvalue weighted by Crippen LogP contribution is -2.28. The smallest absolute Gasteiger partial charge is 0.271 e. The van der Waals surface area contributed by atoms with Crippen LogP contribution in [0.1, 0.15) is 50.7 Å². The number of nitro groups is 1. The molecule has 0 bridgehead atoms. The number of carbonyl (C=O) groups excluding carboxylic acids is 1. The zero-order chi connectivity index (χ0) is 23.7. The Morgan fingerprint density at radius 1 is 1.35 bits per heavy atom. The summed E-state index contributed by atoms with van der Waals surface area (Å²) in [5.74, 6) is -0.789. The van der Waals surface area contributed by atoms with Gasteiger partial charge < -0.3 is 10.5 Å². The molecular formula is C19H27N5O6S. The van der Waals surface area contributed by atoms with Gasteiger partial charge in [0, 0.05) is 24.2 Å². The molecule has 0 atom stereocenters. The van der Waals surface area contributed by atoms with Crippen molar-refractivity contribution in [2.75, 3.05) is 6.54 Å². The van der Waals surface area contributed by atoms with Crippen LogP contribution in [0.2, 0.25) is 0 Å². The van der Waals surface area contributed by atoms with E-state index in [1.165, 1.54) is 10.7 Å². The van der Waals surface area contributed by atoms with Crippen LogP contribution in [-0.4, -0.2) is 35.6 Å². The zero-order valence-corrected chi connectivity index (χ0v) is 19.1. The molecule has 170 valence electrons. The number of amides is 1. The number of nitrogens with zero attached hydrogens (tertiary/aromatic N) is 3. The number of nitrogens with one attached hydrogen (secondary N) is 1. The molecule has 0 saturated heterocycles. The summed E-state index contributed by atoms with van der Waals surface area (Å²) < 4.78 is 35.5. The summed E-state index contributed by atoms with van der Waals surface area (Å²) in [6.07, 6.45) is 0. The number of non-ortho nitro benzene ring substituents is 1. The number of nitro benzene ring substituents is 1. The molecule has 2 aromatic rings. The lowest BCUT2D eigenvalue weighted by atomic mass is 10.1. The van der Waals surface area contributed by atoms with Gasteiger partial charge in [0.05, 0.1) is 10.5 Å². The first-order chi connectivity index (χ1) is 14.1. The van der Waals surface area contributed by atoms with E-state index in [0.717, 1.165) is 12.1 Å². The molecule has 1 amide bonds. The quantitative estimate of drug-likeness (QED) is 0.459. The van der Waals surface area contributed by atoms with Crippen molar-refractivity contribution in [1.82, 2.24) is 14.5 Å². The molecule has 12 heteroatoms. The van der Waals surface area contributed by atoms with Crippen molar-refractivity contribution in [3.63, 3.8) is 0 Å². The molecule has 1 aromatic heterocycles. The number of carbonyl (C=O) groups is 1. The topological polar surface area (TPSA) is 159 Å². The molecule has 0 unspecified atom stereocenters. The largest absolute Gasteiger partial charge is 0.438 e. The fraction of sp³-hybridized carbons (Fsp3) is 0.474. The Labute approximate surface area is 180 Å². The number of ether oxygens (including phenoxy) is 1. The van der Waals surface area contributed by atoms with Gasteiger partial charge in [-0.1, -0.05) is 13.8 Å². The second kappa shape index (κ2) is 8.63. The fourth-order valence-corrected chi connectivity index (χ4v) is 4.01. The fourth-order valence-electron chi connectivity index (χ4n) is 2.65. The van der Waals surface area contributed by atoms with Crippen LogP contribution in [0.5, 0.6) is 11.6 Å². The van der Waals surface area contributed by atoms with E-state index in [1.807, 2.05) is 34.6 Å². The first-order valence-corrected chi connectivity index (χ1v) is 11.0. The molecule has 0 fully saturated rings. The summed E-state index contributed by atoms with van der Waals surface area (Å²) in [5, 5.41) is 15.4. The average Bonchev–Trinajstić information content (AvgIpc) is 2.97. The number of hydrogen-bond donors (Lipinski definition) is 2. The van der Waals surface area contributed by atoms with Crippen LogP contribution in [0.15, 0.2) is 23.1 Å². The number of aromatic nitrogens is 2. The third kappa shape index (κ3) is 5.39. The van der Waals surface area contributed by atoms with Gasteiger partial charge in [0.15, 0.2) is 5.69 Å². The lowest BCUT2D eigenvalue weighted by molar-refractivity contribution is -0.385. The third-order valence-electron chi connectivity index (χ3n) is 4.25. The molecule has 0 aliphatic carbocycles. The van der Waals surface area contributed by atoms with E-state index >= 15 is 0 Å². The molecule has 2 rings (SSSR count). The average molecular weight is 454 g/mol. The summed E-state index contributed by atoms with van der Waals surface area (Å²) in [7, 11) is -4.13. The van der Waals surface area contributed by atoms with Crippen molar-refractivity contribution in [2.24, 2.45) is 11.7 Å². The Hall–Kier alpha value is -2.99. The van der Waals surface area contributed by atoms with Gasteiger partial charge in [-0.15, -0.1) is 0 Å². The Kier molecular flexibility index (Phi) is 6.76. The Balaban J connectivity index is 2.68.